The lowest BCUT2D eigenvalue weighted by Gasteiger charge is -2.10. The molecule has 3 nitrogen and oxygen atoms in total. The van der Waals surface area contributed by atoms with Crippen molar-refractivity contribution < 1.29 is 4.39 Å². The number of hydrogen-bond donors (Lipinski definition) is 2. The molecule has 18 heavy (non-hydrogen) atoms. The summed E-state index contributed by atoms with van der Waals surface area (Å²) in [6.45, 7) is 0.553. The van der Waals surface area contributed by atoms with Crippen molar-refractivity contribution >= 4 is 23.0 Å². The highest BCUT2D eigenvalue weighted by Gasteiger charge is 1.98. The van der Waals surface area contributed by atoms with Gasteiger partial charge in [-0.2, -0.15) is 0 Å². The third kappa shape index (κ3) is 3.78. The summed E-state index contributed by atoms with van der Waals surface area (Å²) in [5, 5.41) is 6.59. The van der Waals surface area contributed by atoms with Gasteiger partial charge in [0.25, 0.3) is 0 Å². The monoisotopic (exact) mass is 261 g/mol. The third-order valence-electron chi connectivity index (χ3n) is 2.30. The summed E-state index contributed by atoms with van der Waals surface area (Å²) >= 11 is 5.14. The number of aromatic nitrogens is 1. The number of anilines is 1. The van der Waals surface area contributed by atoms with Crippen LogP contribution in [-0.2, 0) is 6.54 Å². The van der Waals surface area contributed by atoms with Gasteiger partial charge in [-0.15, -0.1) is 0 Å². The van der Waals surface area contributed by atoms with E-state index < -0.39 is 0 Å². The van der Waals surface area contributed by atoms with Gasteiger partial charge in [-0.25, -0.2) is 4.39 Å². The van der Waals surface area contributed by atoms with E-state index in [1.54, 1.807) is 24.5 Å². The van der Waals surface area contributed by atoms with Crippen LogP contribution in [0.3, 0.4) is 0 Å². The number of hydrogen-bond acceptors (Lipinski definition) is 2. The second-order valence-electron chi connectivity index (χ2n) is 3.67. The van der Waals surface area contributed by atoms with Crippen molar-refractivity contribution in [2.45, 2.75) is 6.54 Å². The number of halogens is 1. The first-order valence-electron chi connectivity index (χ1n) is 5.43. The topological polar surface area (TPSA) is 37.0 Å². The molecule has 0 aliphatic carbocycles. The van der Waals surface area contributed by atoms with E-state index in [1.165, 1.54) is 12.1 Å². The summed E-state index contributed by atoms with van der Waals surface area (Å²) in [7, 11) is 0. The van der Waals surface area contributed by atoms with Crippen molar-refractivity contribution in [3.63, 3.8) is 0 Å². The minimum absolute atomic E-state index is 0.240. The minimum atomic E-state index is -0.240. The van der Waals surface area contributed by atoms with E-state index in [4.69, 9.17) is 12.2 Å². The Hall–Kier alpha value is -2.01. The van der Waals surface area contributed by atoms with E-state index in [0.717, 1.165) is 11.3 Å². The summed E-state index contributed by atoms with van der Waals surface area (Å²) in [6.07, 6.45) is 3.37. The van der Waals surface area contributed by atoms with Gasteiger partial charge in [0.2, 0.25) is 0 Å². The second-order valence-corrected chi connectivity index (χ2v) is 4.08. The van der Waals surface area contributed by atoms with E-state index in [9.17, 15) is 4.39 Å². The van der Waals surface area contributed by atoms with E-state index >= 15 is 0 Å². The quantitative estimate of drug-likeness (QED) is 0.833. The zero-order valence-electron chi connectivity index (χ0n) is 9.56. The molecule has 0 saturated carbocycles. The number of nitrogens with one attached hydrogen (secondary N) is 2. The van der Waals surface area contributed by atoms with Crippen LogP contribution in [0.25, 0.3) is 0 Å². The largest absolute Gasteiger partial charge is 0.358 e. The Bertz CT molecular complexity index is 514. The maximum Gasteiger partial charge on any atom is 0.171 e. The summed E-state index contributed by atoms with van der Waals surface area (Å²) in [6, 6.07) is 9.94. The number of thiocarbonyl (C=S) groups is 1. The van der Waals surface area contributed by atoms with E-state index in [0.29, 0.717) is 11.7 Å². The molecule has 0 fully saturated rings. The average molecular weight is 261 g/mol. The molecule has 0 radical (unpaired) electrons. The van der Waals surface area contributed by atoms with Crippen molar-refractivity contribution in [3.8, 4) is 0 Å². The molecule has 1 aromatic carbocycles. The molecule has 0 unspecified atom stereocenters. The van der Waals surface area contributed by atoms with E-state index in [-0.39, 0.29) is 5.82 Å². The highest BCUT2D eigenvalue weighted by molar-refractivity contribution is 7.80. The predicted octanol–water partition coefficient (Wildman–Crippen LogP) is 2.71. The minimum Gasteiger partial charge on any atom is -0.358 e. The molecular weight excluding hydrogens is 249 g/mol. The fraction of sp³-hybridized carbons (Fsp3) is 0.0769. The molecule has 0 bridgehead atoms. The van der Waals surface area contributed by atoms with Gasteiger partial charge in [-0.05, 0) is 42.0 Å². The zero-order valence-corrected chi connectivity index (χ0v) is 10.4. The molecule has 5 heteroatoms. The van der Waals surface area contributed by atoms with Crippen LogP contribution in [0.5, 0.6) is 0 Å². The average Bonchev–Trinajstić information content (AvgIpc) is 2.39. The van der Waals surface area contributed by atoms with Crippen LogP contribution in [0.2, 0.25) is 0 Å². The lowest BCUT2D eigenvalue weighted by molar-refractivity contribution is 0.627. The van der Waals surface area contributed by atoms with Crippen LogP contribution in [0.15, 0.2) is 48.8 Å². The van der Waals surface area contributed by atoms with Crippen molar-refractivity contribution in [2.75, 3.05) is 5.32 Å². The highest BCUT2D eigenvalue weighted by Crippen LogP contribution is 2.04. The smallest absolute Gasteiger partial charge is 0.171 e. The van der Waals surface area contributed by atoms with Gasteiger partial charge in [-0.3, -0.25) is 4.98 Å². The van der Waals surface area contributed by atoms with Gasteiger partial charge in [0, 0.05) is 24.6 Å². The lowest BCUT2D eigenvalue weighted by atomic mass is 10.2. The summed E-state index contributed by atoms with van der Waals surface area (Å²) in [4.78, 5) is 3.92. The molecule has 0 atom stereocenters. The first-order valence-corrected chi connectivity index (χ1v) is 5.84. The standard InChI is InChI=1S/C13H12FN3S/c14-11-3-1-10(2-4-11)9-16-13(18)17-12-5-7-15-8-6-12/h1-8H,9H2,(H2,15,16,17,18). The van der Waals surface area contributed by atoms with Crippen molar-refractivity contribution in [3.05, 3.63) is 60.2 Å². The van der Waals surface area contributed by atoms with Crippen molar-refractivity contribution in [1.82, 2.24) is 10.3 Å². The van der Waals surface area contributed by atoms with Crippen molar-refractivity contribution in [1.29, 1.82) is 0 Å². The first-order chi connectivity index (χ1) is 8.74. The van der Waals surface area contributed by atoms with Crippen LogP contribution in [0.4, 0.5) is 10.1 Å². The second kappa shape index (κ2) is 6.07. The SMILES string of the molecule is Fc1ccc(CNC(=S)Nc2ccncc2)cc1. The van der Waals surface area contributed by atoms with Gasteiger partial charge < -0.3 is 10.6 Å². The fourth-order valence-corrected chi connectivity index (χ4v) is 1.59. The Balaban J connectivity index is 1.83. The van der Waals surface area contributed by atoms with Gasteiger partial charge in [-0.1, -0.05) is 12.1 Å². The normalized spacial score (nSPS) is 9.83. The Morgan fingerprint density at radius 2 is 1.78 bits per heavy atom. The number of benzene rings is 1. The zero-order chi connectivity index (χ0) is 12.8. The predicted molar refractivity (Wildman–Crippen MR) is 73.7 cm³/mol. The number of pyridine rings is 1. The Morgan fingerprint density at radius 3 is 2.44 bits per heavy atom. The molecule has 1 aromatic heterocycles. The molecule has 2 N–H and O–H groups in total. The van der Waals surface area contributed by atoms with E-state index in [1.807, 2.05) is 12.1 Å². The summed E-state index contributed by atoms with van der Waals surface area (Å²) in [5.41, 5.74) is 1.84. The molecular formula is C13H12FN3S. The third-order valence-corrected chi connectivity index (χ3v) is 2.55. The number of rotatable bonds is 3. The molecule has 0 aliphatic heterocycles. The van der Waals surface area contributed by atoms with Crippen LogP contribution >= 0.6 is 12.2 Å². The molecule has 2 rings (SSSR count). The van der Waals surface area contributed by atoms with Crippen LogP contribution in [0, 0.1) is 5.82 Å². The maximum atomic E-state index is 12.7. The summed E-state index contributed by atoms with van der Waals surface area (Å²) in [5.74, 6) is -0.240. The van der Waals surface area contributed by atoms with Crippen molar-refractivity contribution in [2.24, 2.45) is 0 Å². The summed E-state index contributed by atoms with van der Waals surface area (Å²) < 4.78 is 12.7. The molecule has 1 heterocycles. The van der Waals surface area contributed by atoms with Crippen LogP contribution in [0.1, 0.15) is 5.56 Å². The van der Waals surface area contributed by atoms with Gasteiger partial charge in [0.1, 0.15) is 5.82 Å². The maximum absolute atomic E-state index is 12.7. The van der Waals surface area contributed by atoms with Crippen LogP contribution in [-0.4, -0.2) is 10.1 Å². The Kier molecular flexibility index (Phi) is 4.20. The highest BCUT2D eigenvalue weighted by atomic mass is 32.1. The molecule has 2 aromatic rings. The lowest BCUT2D eigenvalue weighted by Crippen LogP contribution is -2.27. The van der Waals surface area contributed by atoms with Gasteiger partial charge in [0.15, 0.2) is 5.11 Å². The Morgan fingerprint density at radius 1 is 1.11 bits per heavy atom. The van der Waals surface area contributed by atoms with E-state index in [2.05, 4.69) is 15.6 Å². The van der Waals surface area contributed by atoms with Gasteiger partial charge >= 0.3 is 0 Å². The molecule has 0 spiro atoms. The van der Waals surface area contributed by atoms with Crippen LogP contribution < -0.4 is 10.6 Å². The molecule has 0 amide bonds. The Labute approximate surface area is 110 Å². The molecule has 0 saturated heterocycles. The van der Waals surface area contributed by atoms with Gasteiger partial charge in [0.05, 0.1) is 0 Å². The first kappa shape index (κ1) is 12.4. The molecule has 0 aliphatic rings. The molecule has 92 valence electrons. The fourth-order valence-electron chi connectivity index (χ4n) is 1.40. The number of nitrogens with zero attached hydrogens (tertiary/aromatic N) is 1.